The van der Waals surface area contributed by atoms with Crippen molar-refractivity contribution in [1.29, 1.82) is 0 Å². The Bertz CT molecular complexity index is 249. The number of hydrogen-bond acceptors (Lipinski definition) is 2. The Morgan fingerprint density at radius 1 is 1.05 bits per heavy atom. The Morgan fingerprint density at radius 2 is 1.70 bits per heavy atom. The normalized spacial score (nSPS) is 14.0. The molecule has 0 radical (unpaired) electrons. The van der Waals surface area contributed by atoms with Gasteiger partial charge in [0.25, 0.3) is 0 Å². The Morgan fingerprint density at radius 3 is 2.30 bits per heavy atom. The van der Waals surface area contributed by atoms with Gasteiger partial charge in [0, 0.05) is 12.1 Å². The SMILES string of the molecule is CCCCCCC(C)(CCCC)NC(=O)CNCCF. The largest absolute Gasteiger partial charge is 0.350 e. The van der Waals surface area contributed by atoms with Gasteiger partial charge in [-0.15, -0.1) is 0 Å². The zero-order valence-corrected chi connectivity index (χ0v) is 13.6. The van der Waals surface area contributed by atoms with Crippen molar-refractivity contribution in [3.8, 4) is 0 Å². The molecule has 1 amide bonds. The van der Waals surface area contributed by atoms with Gasteiger partial charge in [-0.2, -0.15) is 0 Å². The van der Waals surface area contributed by atoms with E-state index in [1.54, 1.807) is 0 Å². The average molecular weight is 288 g/mol. The minimum atomic E-state index is -0.433. The summed E-state index contributed by atoms with van der Waals surface area (Å²) < 4.78 is 12.0. The van der Waals surface area contributed by atoms with E-state index in [1.807, 2.05) is 0 Å². The molecule has 0 rings (SSSR count). The lowest BCUT2D eigenvalue weighted by Gasteiger charge is -2.31. The fourth-order valence-corrected chi connectivity index (χ4v) is 2.41. The molecule has 0 aromatic rings. The molecule has 0 aromatic carbocycles. The van der Waals surface area contributed by atoms with Gasteiger partial charge in [0.15, 0.2) is 0 Å². The van der Waals surface area contributed by atoms with E-state index in [0.717, 1.165) is 32.1 Å². The predicted molar refractivity (Wildman–Crippen MR) is 83.7 cm³/mol. The molecule has 0 bridgehead atoms. The summed E-state index contributed by atoms with van der Waals surface area (Å²) in [5, 5.41) is 5.94. The zero-order valence-electron chi connectivity index (χ0n) is 13.6. The summed E-state index contributed by atoms with van der Waals surface area (Å²) in [5.74, 6) is -0.0208. The molecule has 4 heteroatoms. The Balaban J connectivity index is 4.18. The van der Waals surface area contributed by atoms with Crippen LogP contribution in [0.25, 0.3) is 0 Å². The Kier molecular flexibility index (Phi) is 11.7. The third kappa shape index (κ3) is 10.2. The molecule has 1 unspecified atom stereocenters. The van der Waals surface area contributed by atoms with Gasteiger partial charge < -0.3 is 10.6 Å². The van der Waals surface area contributed by atoms with Crippen LogP contribution in [0.3, 0.4) is 0 Å². The number of amides is 1. The Labute approximate surface area is 124 Å². The van der Waals surface area contributed by atoms with Gasteiger partial charge >= 0.3 is 0 Å². The maximum Gasteiger partial charge on any atom is 0.234 e. The van der Waals surface area contributed by atoms with Crippen LogP contribution in [0.5, 0.6) is 0 Å². The second kappa shape index (κ2) is 12.1. The number of rotatable bonds is 13. The van der Waals surface area contributed by atoms with E-state index in [9.17, 15) is 9.18 Å². The first-order chi connectivity index (χ1) is 9.58. The molecule has 0 aliphatic rings. The second-order valence-corrected chi connectivity index (χ2v) is 5.89. The summed E-state index contributed by atoms with van der Waals surface area (Å²) in [6, 6.07) is 0. The number of unbranched alkanes of at least 4 members (excludes halogenated alkanes) is 4. The maximum absolute atomic E-state index is 12.0. The summed E-state index contributed by atoms with van der Waals surface area (Å²) in [4.78, 5) is 11.9. The molecule has 0 heterocycles. The third-order valence-electron chi connectivity index (χ3n) is 3.66. The van der Waals surface area contributed by atoms with Crippen LogP contribution in [0.15, 0.2) is 0 Å². The first-order valence-corrected chi connectivity index (χ1v) is 8.15. The van der Waals surface area contributed by atoms with Crippen molar-refractivity contribution >= 4 is 5.91 Å². The summed E-state index contributed by atoms with van der Waals surface area (Å²) in [5.41, 5.74) is -0.113. The van der Waals surface area contributed by atoms with E-state index in [4.69, 9.17) is 0 Å². The molecule has 0 fully saturated rings. The zero-order chi connectivity index (χ0) is 15.3. The highest BCUT2D eigenvalue weighted by Gasteiger charge is 2.24. The van der Waals surface area contributed by atoms with Gasteiger partial charge in [0.2, 0.25) is 5.91 Å². The minimum absolute atomic E-state index is 0.0208. The fraction of sp³-hybridized carbons (Fsp3) is 0.938. The molecule has 3 nitrogen and oxygen atoms in total. The highest BCUT2D eigenvalue weighted by molar-refractivity contribution is 5.78. The standard InChI is InChI=1S/C16H33FN2O/c1-4-6-8-9-11-16(3,10-7-5-2)19-15(20)14-18-13-12-17/h18H,4-14H2,1-3H3,(H,19,20). The Hall–Kier alpha value is -0.640. The molecule has 0 saturated carbocycles. The topological polar surface area (TPSA) is 41.1 Å². The van der Waals surface area contributed by atoms with Crippen LogP contribution >= 0.6 is 0 Å². The van der Waals surface area contributed by atoms with Gasteiger partial charge in [-0.3, -0.25) is 4.79 Å². The molecule has 20 heavy (non-hydrogen) atoms. The number of halogens is 1. The van der Waals surface area contributed by atoms with Crippen molar-refractivity contribution in [2.75, 3.05) is 19.8 Å². The number of alkyl halides is 1. The third-order valence-corrected chi connectivity index (χ3v) is 3.66. The van der Waals surface area contributed by atoms with Crippen molar-refractivity contribution < 1.29 is 9.18 Å². The first-order valence-electron chi connectivity index (χ1n) is 8.15. The maximum atomic E-state index is 12.0. The van der Waals surface area contributed by atoms with Crippen molar-refractivity contribution in [3.63, 3.8) is 0 Å². The monoisotopic (exact) mass is 288 g/mol. The van der Waals surface area contributed by atoms with Crippen LogP contribution in [-0.4, -0.2) is 31.2 Å². The molecule has 2 N–H and O–H groups in total. The van der Waals surface area contributed by atoms with Gasteiger partial charge in [0.1, 0.15) is 6.67 Å². The summed E-state index contributed by atoms with van der Waals surface area (Å²) in [6.07, 6.45) is 9.19. The van der Waals surface area contributed by atoms with E-state index in [1.165, 1.54) is 19.3 Å². The molecule has 0 aliphatic carbocycles. The first kappa shape index (κ1) is 19.4. The van der Waals surface area contributed by atoms with Crippen LogP contribution in [0.1, 0.15) is 72.1 Å². The van der Waals surface area contributed by atoms with E-state index in [-0.39, 0.29) is 24.5 Å². The minimum Gasteiger partial charge on any atom is -0.350 e. The van der Waals surface area contributed by atoms with E-state index in [2.05, 4.69) is 31.4 Å². The van der Waals surface area contributed by atoms with E-state index >= 15 is 0 Å². The lowest BCUT2D eigenvalue weighted by atomic mass is 9.88. The molecule has 0 aliphatic heterocycles. The van der Waals surface area contributed by atoms with Crippen molar-refractivity contribution in [1.82, 2.24) is 10.6 Å². The van der Waals surface area contributed by atoms with Crippen molar-refractivity contribution in [2.24, 2.45) is 0 Å². The smallest absolute Gasteiger partial charge is 0.234 e. The predicted octanol–water partition coefficient (Wildman–Crippen LogP) is 3.58. The summed E-state index contributed by atoms with van der Waals surface area (Å²) in [6.45, 7) is 6.53. The fourth-order valence-electron chi connectivity index (χ4n) is 2.41. The van der Waals surface area contributed by atoms with Gasteiger partial charge in [0.05, 0.1) is 6.54 Å². The van der Waals surface area contributed by atoms with Crippen molar-refractivity contribution in [3.05, 3.63) is 0 Å². The lowest BCUT2D eigenvalue weighted by Crippen LogP contribution is -2.49. The number of carbonyl (C=O) groups excluding carboxylic acids is 1. The van der Waals surface area contributed by atoms with Crippen LogP contribution < -0.4 is 10.6 Å². The molecular formula is C16H33FN2O. The van der Waals surface area contributed by atoms with Crippen LogP contribution in [-0.2, 0) is 4.79 Å². The summed E-state index contributed by atoms with van der Waals surface area (Å²) in [7, 11) is 0. The quantitative estimate of drug-likeness (QED) is 0.509. The number of carbonyl (C=O) groups is 1. The van der Waals surface area contributed by atoms with Crippen LogP contribution in [0, 0.1) is 0 Å². The van der Waals surface area contributed by atoms with Gasteiger partial charge in [-0.25, -0.2) is 4.39 Å². The number of nitrogens with one attached hydrogen (secondary N) is 2. The van der Waals surface area contributed by atoms with Crippen LogP contribution in [0.4, 0.5) is 4.39 Å². The molecule has 0 saturated heterocycles. The highest BCUT2D eigenvalue weighted by atomic mass is 19.1. The molecular weight excluding hydrogens is 255 g/mol. The average Bonchev–Trinajstić information content (AvgIpc) is 2.42. The second-order valence-electron chi connectivity index (χ2n) is 5.89. The summed E-state index contributed by atoms with van der Waals surface area (Å²) >= 11 is 0. The van der Waals surface area contributed by atoms with E-state index < -0.39 is 6.67 Å². The lowest BCUT2D eigenvalue weighted by molar-refractivity contribution is -0.122. The van der Waals surface area contributed by atoms with E-state index in [0.29, 0.717) is 0 Å². The molecule has 120 valence electrons. The number of hydrogen-bond donors (Lipinski definition) is 2. The van der Waals surface area contributed by atoms with Gasteiger partial charge in [-0.1, -0.05) is 52.4 Å². The van der Waals surface area contributed by atoms with Gasteiger partial charge in [-0.05, 0) is 19.8 Å². The highest BCUT2D eigenvalue weighted by Crippen LogP contribution is 2.21. The molecule has 0 aromatic heterocycles. The van der Waals surface area contributed by atoms with Crippen molar-refractivity contribution in [2.45, 2.75) is 77.7 Å². The molecule has 0 spiro atoms. The molecule has 1 atom stereocenters. The van der Waals surface area contributed by atoms with Crippen LogP contribution in [0.2, 0.25) is 0 Å².